The molecule has 5 aromatic rings. The van der Waals surface area contributed by atoms with Crippen LogP contribution in [0.25, 0.3) is 16.8 Å². The minimum atomic E-state index is -0.938. The highest BCUT2D eigenvalue weighted by atomic mass is 32.2. The number of anilines is 1. The van der Waals surface area contributed by atoms with Crippen LogP contribution in [0.3, 0.4) is 0 Å². The predicted molar refractivity (Wildman–Crippen MR) is 176 cm³/mol. The van der Waals surface area contributed by atoms with Gasteiger partial charge in [-0.1, -0.05) is 127 Å². The Labute approximate surface area is 262 Å². The fourth-order valence-electron chi connectivity index (χ4n) is 5.04. The minimum absolute atomic E-state index is 0.0387. The number of thioether (sulfide) groups is 1. The number of hydrogen-bond acceptors (Lipinski definition) is 8. The molecule has 1 N–H and O–H groups in total. The van der Waals surface area contributed by atoms with Gasteiger partial charge in [-0.2, -0.15) is 0 Å². The van der Waals surface area contributed by atoms with E-state index in [9.17, 15) is 14.7 Å². The van der Waals surface area contributed by atoms with Gasteiger partial charge in [-0.05, 0) is 45.7 Å². The molecule has 1 amide bonds. The first-order valence-corrected chi connectivity index (χ1v) is 15.6. The first kappa shape index (κ1) is 29.1. The van der Waals surface area contributed by atoms with Crippen molar-refractivity contribution < 1.29 is 19.4 Å². The van der Waals surface area contributed by atoms with Gasteiger partial charge >= 0.3 is 0 Å². The smallest absolute Gasteiger partial charge is 0.296 e. The van der Waals surface area contributed by atoms with E-state index in [2.05, 4.69) is 41.0 Å². The van der Waals surface area contributed by atoms with Crippen LogP contribution in [0.15, 0.2) is 131 Å². The Morgan fingerprint density at radius 2 is 1.77 bits per heavy atom. The highest BCUT2D eigenvalue weighted by Gasteiger charge is 2.45. The Morgan fingerprint density at radius 3 is 2.61 bits per heavy atom. The summed E-state index contributed by atoms with van der Waals surface area (Å²) in [6.45, 7) is 3.98. The second kappa shape index (κ2) is 13.1. The highest BCUT2D eigenvalue weighted by molar-refractivity contribution is 8.00. The molecule has 218 valence electrons. The molecule has 4 aromatic carbocycles. The van der Waals surface area contributed by atoms with Crippen molar-refractivity contribution in [2.24, 2.45) is 0 Å². The molecule has 0 aliphatic carbocycles. The van der Waals surface area contributed by atoms with Crippen molar-refractivity contribution in [1.82, 2.24) is 10.2 Å². The lowest BCUT2D eigenvalue weighted by molar-refractivity contribution is -0.117. The van der Waals surface area contributed by atoms with Crippen molar-refractivity contribution in [3.63, 3.8) is 0 Å². The summed E-state index contributed by atoms with van der Waals surface area (Å²) in [6.07, 6.45) is 4.66. The topological polar surface area (TPSA) is 92.6 Å². The number of rotatable bonds is 11. The molecule has 1 aliphatic rings. The first-order valence-electron chi connectivity index (χ1n) is 13.8. The van der Waals surface area contributed by atoms with Gasteiger partial charge in [-0.3, -0.25) is 14.5 Å². The number of aromatic nitrogens is 2. The Hall–Kier alpha value is -4.99. The number of benzene rings is 4. The predicted octanol–water partition coefficient (Wildman–Crippen LogP) is 7.73. The summed E-state index contributed by atoms with van der Waals surface area (Å²) >= 11 is 2.75. The van der Waals surface area contributed by atoms with Crippen LogP contribution < -0.4 is 9.64 Å². The van der Waals surface area contributed by atoms with Crippen molar-refractivity contribution in [3.05, 3.63) is 144 Å². The second-order valence-corrected chi connectivity index (χ2v) is 12.1. The molecule has 1 aliphatic heterocycles. The van der Waals surface area contributed by atoms with E-state index in [0.29, 0.717) is 21.4 Å². The average molecular weight is 618 g/mol. The third-order valence-electron chi connectivity index (χ3n) is 7.07. The quantitative estimate of drug-likeness (QED) is 0.0702. The number of ether oxygens (including phenoxy) is 1. The fraction of sp³-hybridized carbons (Fsp3) is 0.0857. The lowest BCUT2D eigenvalue weighted by atomic mass is 9.95. The molecule has 0 saturated heterocycles. The summed E-state index contributed by atoms with van der Waals surface area (Å²) in [6, 6.07) is 29.9. The van der Waals surface area contributed by atoms with E-state index >= 15 is 0 Å². The fourth-order valence-corrected chi connectivity index (χ4v) is 6.91. The lowest BCUT2D eigenvalue weighted by Crippen LogP contribution is -2.30. The molecule has 0 radical (unpaired) electrons. The van der Waals surface area contributed by atoms with Gasteiger partial charge in [0, 0.05) is 5.75 Å². The zero-order chi connectivity index (χ0) is 30.5. The van der Waals surface area contributed by atoms with E-state index in [1.807, 2.05) is 48.5 Å². The van der Waals surface area contributed by atoms with E-state index in [4.69, 9.17) is 4.74 Å². The van der Waals surface area contributed by atoms with Crippen LogP contribution in [0, 0.1) is 0 Å². The third-order valence-corrected chi connectivity index (χ3v) is 9.18. The highest BCUT2D eigenvalue weighted by Crippen LogP contribution is 2.44. The van der Waals surface area contributed by atoms with Crippen LogP contribution in [-0.2, 0) is 15.3 Å². The molecule has 7 nitrogen and oxygen atoms in total. The van der Waals surface area contributed by atoms with Crippen LogP contribution in [-0.4, -0.2) is 33.6 Å². The maximum atomic E-state index is 13.6. The largest absolute Gasteiger partial charge is 0.503 e. The average Bonchev–Trinajstić information content (AvgIpc) is 3.63. The van der Waals surface area contributed by atoms with Crippen LogP contribution in [0.5, 0.6) is 5.75 Å². The second-order valence-electron chi connectivity index (χ2n) is 9.90. The van der Waals surface area contributed by atoms with Crippen LogP contribution in [0.2, 0.25) is 0 Å². The monoisotopic (exact) mass is 617 g/mol. The van der Waals surface area contributed by atoms with E-state index < -0.39 is 23.5 Å². The van der Waals surface area contributed by atoms with Crippen molar-refractivity contribution in [2.45, 2.75) is 16.1 Å². The van der Waals surface area contributed by atoms with Crippen molar-refractivity contribution in [1.29, 1.82) is 0 Å². The van der Waals surface area contributed by atoms with Crippen molar-refractivity contribution in [2.75, 3.05) is 11.5 Å². The number of carbonyl (C=O) groups excluding carboxylic acids is 2. The van der Waals surface area contributed by atoms with E-state index in [0.717, 1.165) is 16.5 Å². The van der Waals surface area contributed by atoms with Crippen LogP contribution in [0.4, 0.5) is 5.13 Å². The number of allylic oxidation sites excluding steroid dienone is 1. The molecule has 0 saturated carbocycles. The lowest BCUT2D eigenvalue weighted by Gasteiger charge is -2.24. The molecule has 0 bridgehead atoms. The molecule has 44 heavy (non-hydrogen) atoms. The van der Waals surface area contributed by atoms with Crippen LogP contribution >= 0.6 is 23.1 Å². The number of fused-ring (bicyclic) bond motifs is 1. The molecular weight excluding hydrogens is 591 g/mol. The van der Waals surface area contributed by atoms with Gasteiger partial charge in [0.1, 0.15) is 12.4 Å². The standard InChI is InChI=1S/C35H27N3O4S2/c1-2-20-42-27-16-9-14-25(21-27)31-30(29(39)19-18-23-10-4-3-5-11-23)32(40)33(41)38(31)34-36-37-35(44-34)43-22-26-15-8-13-24-12-6-7-17-28(24)26/h2-19,21,31,40H,1,20,22H2/b19-18+. The Bertz CT molecular complexity index is 1910. The molecule has 1 unspecified atom stereocenters. The van der Waals surface area contributed by atoms with E-state index in [1.54, 1.807) is 36.4 Å². The van der Waals surface area contributed by atoms with Gasteiger partial charge in [-0.15, -0.1) is 10.2 Å². The number of nitrogens with zero attached hydrogens (tertiary/aromatic N) is 3. The van der Waals surface area contributed by atoms with E-state index in [-0.39, 0.29) is 17.3 Å². The molecular formula is C35H27N3O4S2. The van der Waals surface area contributed by atoms with Crippen molar-refractivity contribution in [3.8, 4) is 5.75 Å². The summed E-state index contributed by atoms with van der Waals surface area (Å²) < 4.78 is 6.39. The summed E-state index contributed by atoms with van der Waals surface area (Å²) in [5.41, 5.74) is 2.52. The van der Waals surface area contributed by atoms with Gasteiger partial charge < -0.3 is 9.84 Å². The number of hydrogen-bond donors (Lipinski definition) is 1. The number of ketones is 1. The summed E-state index contributed by atoms with van der Waals surface area (Å²) in [7, 11) is 0. The molecule has 9 heteroatoms. The van der Waals surface area contributed by atoms with Gasteiger partial charge in [0.2, 0.25) is 5.13 Å². The summed E-state index contributed by atoms with van der Waals surface area (Å²) in [5.74, 6) is -0.620. The van der Waals surface area contributed by atoms with Gasteiger partial charge in [0.15, 0.2) is 15.9 Å². The number of amides is 1. The molecule has 2 heterocycles. The third kappa shape index (κ3) is 6.06. The van der Waals surface area contributed by atoms with E-state index in [1.165, 1.54) is 39.5 Å². The first-order chi connectivity index (χ1) is 21.5. The Morgan fingerprint density at radius 1 is 1.00 bits per heavy atom. The Kier molecular flexibility index (Phi) is 8.67. The minimum Gasteiger partial charge on any atom is -0.503 e. The van der Waals surface area contributed by atoms with Crippen LogP contribution in [0.1, 0.15) is 22.7 Å². The van der Waals surface area contributed by atoms with Crippen molar-refractivity contribution >= 4 is 56.8 Å². The normalized spacial score (nSPS) is 15.0. The zero-order valence-corrected chi connectivity index (χ0v) is 25.1. The molecule has 1 aromatic heterocycles. The maximum Gasteiger partial charge on any atom is 0.296 e. The van der Waals surface area contributed by atoms with Gasteiger partial charge in [0.25, 0.3) is 5.91 Å². The summed E-state index contributed by atoms with van der Waals surface area (Å²) in [4.78, 5) is 28.5. The summed E-state index contributed by atoms with van der Waals surface area (Å²) in [5, 5.41) is 22.4. The van der Waals surface area contributed by atoms with Gasteiger partial charge in [-0.25, -0.2) is 0 Å². The van der Waals surface area contributed by atoms with Gasteiger partial charge in [0.05, 0.1) is 11.6 Å². The SMILES string of the molecule is C=CCOc1cccc(C2C(C(=O)/C=C/c3ccccc3)=C(O)C(=O)N2c2nnc(SCc3cccc4ccccc34)s2)c1. The number of aliphatic hydroxyl groups is 1. The molecule has 1 atom stereocenters. The maximum absolute atomic E-state index is 13.6. The molecule has 6 rings (SSSR count). The molecule has 0 spiro atoms. The number of aliphatic hydroxyl groups excluding tert-OH is 1. The number of carbonyl (C=O) groups is 2. The zero-order valence-electron chi connectivity index (χ0n) is 23.5. The molecule has 0 fully saturated rings. The Balaban J connectivity index is 1.32.